The van der Waals surface area contributed by atoms with Gasteiger partial charge in [-0.25, -0.2) is 4.98 Å². The molecule has 0 radical (unpaired) electrons. The second-order valence-electron chi connectivity index (χ2n) is 6.15. The van der Waals surface area contributed by atoms with Crippen molar-refractivity contribution in [1.82, 2.24) is 15.5 Å². The van der Waals surface area contributed by atoms with Crippen molar-refractivity contribution in [2.24, 2.45) is 0 Å². The summed E-state index contributed by atoms with van der Waals surface area (Å²) in [6.45, 7) is 3.80. The van der Waals surface area contributed by atoms with E-state index in [0.29, 0.717) is 11.3 Å². The topological polar surface area (TPSA) is 68.0 Å². The van der Waals surface area contributed by atoms with E-state index in [0.717, 1.165) is 22.0 Å². The van der Waals surface area contributed by atoms with Crippen molar-refractivity contribution < 1.29 is 9.32 Å². The van der Waals surface area contributed by atoms with Crippen LogP contribution < -0.4 is 5.32 Å². The van der Waals surface area contributed by atoms with E-state index in [2.05, 4.69) is 39.7 Å². The molecular formula is C20H17N3O2. The molecule has 2 aromatic carbocycles. The van der Waals surface area contributed by atoms with E-state index >= 15 is 0 Å². The lowest BCUT2D eigenvalue weighted by Gasteiger charge is -2.15. The summed E-state index contributed by atoms with van der Waals surface area (Å²) in [5.74, 6) is -0.171. The molecule has 5 nitrogen and oxygen atoms in total. The van der Waals surface area contributed by atoms with Crippen molar-refractivity contribution in [3.8, 4) is 0 Å². The predicted octanol–water partition coefficient (Wildman–Crippen LogP) is 4.18. The van der Waals surface area contributed by atoms with Gasteiger partial charge in [-0.1, -0.05) is 41.6 Å². The Morgan fingerprint density at radius 1 is 1.12 bits per heavy atom. The Kier molecular flexibility index (Phi) is 3.69. The van der Waals surface area contributed by atoms with Gasteiger partial charge in [0.2, 0.25) is 0 Å². The van der Waals surface area contributed by atoms with Crippen LogP contribution in [0.5, 0.6) is 0 Å². The molecule has 1 atom stereocenters. The van der Waals surface area contributed by atoms with Gasteiger partial charge in [0.1, 0.15) is 0 Å². The quantitative estimate of drug-likeness (QED) is 0.611. The standard InChI is InChI=1S/C20H17N3O2/c1-12(15-8-7-14-5-3-4-6-16(14)9-15)22-19(24)17-10-18-13(2)23-25-20(18)21-11-17/h3-12H,1-2H3,(H,22,24). The van der Waals surface area contributed by atoms with Gasteiger partial charge in [-0.3, -0.25) is 4.79 Å². The molecule has 4 aromatic rings. The molecule has 2 aromatic heterocycles. The smallest absolute Gasteiger partial charge is 0.257 e. The van der Waals surface area contributed by atoms with E-state index in [1.54, 1.807) is 6.07 Å². The van der Waals surface area contributed by atoms with Crippen molar-refractivity contribution in [3.63, 3.8) is 0 Å². The highest BCUT2D eigenvalue weighted by atomic mass is 16.5. The minimum atomic E-state index is -0.171. The minimum Gasteiger partial charge on any atom is -0.345 e. The summed E-state index contributed by atoms with van der Waals surface area (Å²) in [7, 11) is 0. The molecule has 124 valence electrons. The van der Waals surface area contributed by atoms with Crippen molar-refractivity contribution in [3.05, 3.63) is 71.5 Å². The van der Waals surface area contributed by atoms with Crippen LogP contribution in [-0.2, 0) is 0 Å². The maximum Gasteiger partial charge on any atom is 0.257 e. The predicted molar refractivity (Wildman–Crippen MR) is 96.4 cm³/mol. The number of benzene rings is 2. The lowest BCUT2D eigenvalue weighted by atomic mass is 10.0. The van der Waals surface area contributed by atoms with E-state index in [9.17, 15) is 4.79 Å². The Morgan fingerprint density at radius 2 is 1.92 bits per heavy atom. The first-order valence-electron chi connectivity index (χ1n) is 8.13. The van der Waals surface area contributed by atoms with Crippen LogP contribution in [0.3, 0.4) is 0 Å². The molecule has 1 amide bonds. The Hall–Kier alpha value is -3.21. The van der Waals surface area contributed by atoms with Crippen LogP contribution in [-0.4, -0.2) is 16.0 Å². The number of pyridine rings is 1. The number of nitrogens with one attached hydrogen (secondary N) is 1. The highest BCUT2D eigenvalue weighted by Crippen LogP contribution is 2.21. The molecule has 0 spiro atoms. The van der Waals surface area contributed by atoms with Gasteiger partial charge in [-0.2, -0.15) is 0 Å². The number of fused-ring (bicyclic) bond motifs is 2. The van der Waals surface area contributed by atoms with Gasteiger partial charge in [-0.05, 0) is 42.3 Å². The molecule has 0 aliphatic heterocycles. The van der Waals surface area contributed by atoms with Crippen LogP contribution in [0.25, 0.3) is 21.9 Å². The second-order valence-corrected chi connectivity index (χ2v) is 6.15. The Labute approximate surface area is 144 Å². The summed E-state index contributed by atoms with van der Waals surface area (Å²) >= 11 is 0. The van der Waals surface area contributed by atoms with E-state index in [-0.39, 0.29) is 11.9 Å². The normalized spacial score (nSPS) is 12.4. The molecule has 25 heavy (non-hydrogen) atoms. The summed E-state index contributed by atoms with van der Waals surface area (Å²) in [6, 6.07) is 16.0. The number of carbonyl (C=O) groups excluding carboxylic acids is 1. The monoisotopic (exact) mass is 331 g/mol. The van der Waals surface area contributed by atoms with Crippen LogP contribution in [0, 0.1) is 6.92 Å². The number of hydrogen-bond donors (Lipinski definition) is 1. The third kappa shape index (κ3) is 2.85. The largest absolute Gasteiger partial charge is 0.345 e. The zero-order valence-corrected chi connectivity index (χ0v) is 14.0. The van der Waals surface area contributed by atoms with Crippen molar-refractivity contribution >= 4 is 27.8 Å². The fraction of sp³-hybridized carbons (Fsp3) is 0.150. The molecule has 1 N–H and O–H groups in total. The van der Waals surface area contributed by atoms with Gasteiger partial charge in [0, 0.05) is 6.20 Å². The summed E-state index contributed by atoms with van der Waals surface area (Å²) in [5.41, 5.74) is 2.71. The van der Waals surface area contributed by atoms with E-state index in [1.165, 1.54) is 11.6 Å². The molecular weight excluding hydrogens is 314 g/mol. The summed E-state index contributed by atoms with van der Waals surface area (Å²) in [4.78, 5) is 16.7. The number of aryl methyl sites for hydroxylation is 1. The summed E-state index contributed by atoms with van der Waals surface area (Å²) in [6.07, 6.45) is 1.51. The average Bonchev–Trinajstić information content (AvgIpc) is 3.01. The lowest BCUT2D eigenvalue weighted by molar-refractivity contribution is 0.0939. The molecule has 2 heterocycles. The van der Waals surface area contributed by atoms with Gasteiger partial charge >= 0.3 is 0 Å². The van der Waals surface area contributed by atoms with Crippen LogP contribution in [0.2, 0.25) is 0 Å². The Bertz CT molecular complexity index is 1080. The molecule has 4 rings (SSSR count). The van der Waals surface area contributed by atoms with Crippen LogP contribution in [0.15, 0.2) is 59.3 Å². The summed E-state index contributed by atoms with van der Waals surface area (Å²) in [5, 5.41) is 9.98. The third-order valence-corrected chi connectivity index (χ3v) is 4.39. The molecule has 0 bridgehead atoms. The number of rotatable bonds is 3. The first-order chi connectivity index (χ1) is 12.1. The van der Waals surface area contributed by atoms with Crippen molar-refractivity contribution in [2.45, 2.75) is 19.9 Å². The number of nitrogens with zero attached hydrogens (tertiary/aromatic N) is 2. The van der Waals surface area contributed by atoms with Crippen molar-refractivity contribution in [2.75, 3.05) is 0 Å². The number of amides is 1. The number of hydrogen-bond acceptors (Lipinski definition) is 4. The zero-order chi connectivity index (χ0) is 17.4. The van der Waals surface area contributed by atoms with Crippen LogP contribution in [0.1, 0.15) is 34.6 Å². The molecule has 0 saturated carbocycles. The fourth-order valence-electron chi connectivity index (χ4n) is 2.91. The number of carbonyl (C=O) groups is 1. The van der Waals surface area contributed by atoms with Gasteiger partial charge in [0.25, 0.3) is 11.6 Å². The van der Waals surface area contributed by atoms with E-state index in [1.807, 2.05) is 32.0 Å². The van der Waals surface area contributed by atoms with E-state index < -0.39 is 0 Å². The van der Waals surface area contributed by atoms with Crippen LogP contribution >= 0.6 is 0 Å². The Morgan fingerprint density at radius 3 is 2.76 bits per heavy atom. The molecule has 0 fully saturated rings. The molecule has 0 saturated heterocycles. The fourth-order valence-corrected chi connectivity index (χ4v) is 2.91. The highest BCUT2D eigenvalue weighted by molar-refractivity contribution is 5.97. The first-order valence-corrected chi connectivity index (χ1v) is 8.13. The van der Waals surface area contributed by atoms with Gasteiger partial charge in [0.15, 0.2) is 0 Å². The molecule has 1 unspecified atom stereocenters. The highest BCUT2D eigenvalue weighted by Gasteiger charge is 2.15. The number of aromatic nitrogens is 2. The summed E-state index contributed by atoms with van der Waals surface area (Å²) < 4.78 is 5.08. The SMILES string of the molecule is Cc1noc2ncc(C(=O)NC(C)c3ccc4ccccc4c3)cc12. The molecule has 0 aliphatic rings. The molecule has 0 aliphatic carbocycles. The van der Waals surface area contributed by atoms with Gasteiger partial charge in [-0.15, -0.1) is 0 Å². The maximum absolute atomic E-state index is 12.6. The second kappa shape index (κ2) is 6.02. The maximum atomic E-state index is 12.6. The lowest BCUT2D eigenvalue weighted by Crippen LogP contribution is -2.26. The minimum absolute atomic E-state index is 0.114. The molecule has 5 heteroatoms. The third-order valence-electron chi connectivity index (χ3n) is 4.39. The van der Waals surface area contributed by atoms with Crippen molar-refractivity contribution in [1.29, 1.82) is 0 Å². The van der Waals surface area contributed by atoms with E-state index in [4.69, 9.17) is 4.52 Å². The van der Waals surface area contributed by atoms with Gasteiger partial charge in [0.05, 0.1) is 22.7 Å². The Balaban J connectivity index is 1.58. The van der Waals surface area contributed by atoms with Crippen LogP contribution in [0.4, 0.5) is 0 Å². The average molecular weight is 331 g/mol. The first kappa shape index (κ1) is 15.3. The van der Waals surface area contributed by atoms with Gasteiger partial charge < -0.3 is 9.84 Å². The zero-order valence-electron chi connectivity index (χ0n) is 14.0.